The first kappa shape index (κ1) is 18.3. The van der Waals surface area contributed by atoms with E-state index in [1.54, 1.807) is 0 Å². The van der Waals surface area contributed by atoms with Gasteiger partial charge in [0.05, 0.1) is 6.04 Å². The molecule has 2 aromatic rings. The third kappa shape index (κ3) is 4.61. The van der Waals surface area contributed by atoms with Crippen LogP contribution in [0, 0.1) is 13.8 Å². The lowest BCUT2D eigenvalue weighted by atomic mass is 10.1. The summed E-state index contributed by atoms with van der Waals surface area (Å²) in [6.07, 6.45) is 0. The molecule has 1 amide bonds. The van der Waals surface area contributed by atoms with Gasteiger partial charge in [-0.05, 0) is 52.2 Å². The third-order valence-corrected chi connectivity index (χ3v) is 3.48. The Morgan fingerprint density at radius 1 is 1.14 bits per heavy atom. The van der Waals surface area contributed by atoms with Crippen molar-refractivity contribution >= 4 is 18.3 Å². The van der Waals surface area contributed by atoms with E-state index in [-0.39, 0.29) is 24.4 Å². The monoisotopic (exact) mass is 322 g/mol. The zero-order valence-corrected chi connectivity index (χ0v) is 14.2. The van der Waals surface area contributed by atoms with Crippen LogP contribution in [0.1, 0.15) is 33.5 Å². The highest BCUT2D eigenvalue weighted by molar-refractivity contribution is 5.94. The maximum absolute atomic E-state index is 12.2. The topological polar surface area (TPSA) is 45.5 Å². The van der Waals surface area contributed by atoms with E-state index in [4.69, 9.17) is 4.42 Å². The summed E-state index contributed by atoms with van der Waals surface area (Å²) in [6.45, 7) is 4.43. The van der Waals surface area contributed by atoms with E-state index in [1.165, 1.54) is 0 Å². The molecule has 1 heterocycles. The molecule has 0 fully saturated rings. The molecule has 1 aromatic carbocycles. The van der Waals surface area contributed by atoms with Gasteiger partial charge >= 0.3 is 0 Å². The lowest BCUT2D eigenvalue weighted by Crippen LogP contribution is -2.34. The van der Waals surface area contributed by atoms with E-state index in [0.717, 1.165) is 17.1 Å². The Kier molecular flexibility index (Phi) is 6.65. The predicted octanol–water partition coefficient (Wildman–Crippen LogP) is 3.35. The highest BCUT2D eigenvalue weighted by Gasteiger charge is 2.18. The molecule has 5 heteroatoms. The molecular weight excluding hydrogens is 300 g/mol. The van der Waals surface area contributed by atoms with Crippen molar-refractivity contribution < 1.29 is 9.21 Å². The Labute approximate surface area is 137 Å². The van der Waals surface area contributed by atoms with Gasteiger partial charge in [0, 0.05) is 12.1 Å². The summed E-state index contributed by atoms with van der Waals surface area (Å²) < 4.78 is 5.67. The minimum atomic E-state index is -0.0647. The number of hydrogen-bond donors (Lipinski definition) is 1. The lowest BCUT2D eigenvalue weighted by Gasteiger charge is -2.22. The van der Waals surface area contributed by atoms with Gasteiger partial charge < -0.3 is 9.73 Å². The van der Waals surface area contributed by atoms with Crippen LogP contribution in [-0.4, -0.2) is 31.4 Å². The summed E-state index contributed by atoms with van der Waals surface area (Å²) in [6, 6.07) is 11.5. The molecule has 0 saturated heterocycles. The number of carbonyl (C=O) groups excluding carboxylic acids is 1. The maximum atomic E-state index is 12.2. The fourth-order valence-electron chi connectivity index (χ4n) is 2.17. The van der Waals surface area contributed by atoms with Crippen LogP contribution in [0.5, 0.6) is 0 Å². The molecular formula is C17H23ClN2O2. The molecule has 0 aliphatic carbocycles. The molecule has 22 heavy (non-hydrogen) atoms. The first-order valence-electron chi connectivity index (χ1n) is 7.05. The molecule has 2 rings (SSSR count). The summed E-state index contributed by atoms with van der Waals surface area (Å²) in [5, 5.41) is 2.97. The minimum absolute atomic E-state index is 0. The average molecular weight is 323 g/mol. The van der Waals surface area contributed by atoms with Gasteiger partial charge in [-0.25, -0.2) is 0 Å². The number of furan rings is 1. The van der Waals surface area contributed by atoms with Gasteiger partial charge in [0.2, 0.25) is 0 Å². The largest absolute Gasteiger partial charge is 0.465 e. The summed E-state index contributed by atoms with van der Waals surface area (Å²) >= 11 is 0. The molecule has 0 spiro atoms. The molecule has 120 valence electrons. The summed E-state index contributed by atoms with van der Waals surface area (Å²) in [4.78, 5) is 14.2. The number of nitrogens with one attached hydrogen (secondary N) is 1. The van der Waals surface area contributed by atoms with Gasteiger partial charge in [-0.15, -0.1) is 12.4 Å². The Hall–Kier alpha value is -1.78. The number of likely N-dealkylation sites (N-methyl/N-ethyl adjacent to an activating group) is 1. The maximum Gasteiger partial charge on any atom is 0.251 e. The molecule has 1 aromatic heterocycles. The van der Waals surface area contributed by atoms with Crippen LogP contribution in [0.4, 0.5) is 0 Å². The van der Waals surface area contributed by atoms with Crippen molar-refractivity contribution in [3.8, 4) is 0 Å². The van der Waals surface area contributed by atoms with Crippen molar-refractivity contribution in [2.75, 3.05) is 20.6 Å². The van der Waals surface area contributed by atoms with E-state index in [2.05, 4.69) is 5.32 Å². The SMILES string of the molecule is Cc1ccc(C(=O)NCC(c2ccc(C)o2)N(C)C)cc1.Cl. The Balaban J connectivity index is 0.00000242. The first-order chi connectivity index (χ1) is 9.97. The Morgan fingerprint density at radius 3 is 2.27 bits per heavy atom. The van der Waals surface area contributed by atoms with Crippen LogP contribution in [0.25, 0.3) is 0 Å². The fourth-order valence-corrected chi connectivity index (χ4v) is 2.17. The molecule has 4 nitrogen and oxygen atoms in total. The zero-order chi connectivity index (χ0) is 15.4. The van der Waals surface area contributed by atoms with E-state index in [9.17, 15) is 4.79 Å². The van der Waals surface area contributed by atoms with E-state index in [0.29, 0.717) is 12.1 Å². The predicted molar refractivity (Wildman–Crippen MR) is 90.6 cm³/mol. The van der Waals surface area contributed by atoms with Gasteiger partial charge in [-0.3, -0.25) is 9.69 Å². The van der Waals surface area contributed by atoms with Crippen LogP contribution in [0.15, 0.2) is 40.8 Å². The van der Waals surface area contributed by atoms with Gasteiger partial charge in [0.25, 0.3) is 5.91 Å². The van der Waals surface area contributed by atoms with E-state index < -0.39 is 0 Å². The molecule has 0 radical (unpaired) electrons. The standard InChI is InChI=1S/C17H22N2O2.ClH/c1-12-5-8-14(9-6-12)17(20)18-11-15(19(3)4)16-10-7-13(2)21-16;/h5-10,15H,11H2,1-4H3,(H,18,20);1H. The van der Waals surface area contributed by atoms with E-state index in [1.807, 2.05) is 69.2 Å². The van der Waals surface area contributed by atoms with Crippen molar-refractivity contribution in [2.45, 2.75) is 19.9 Å². The smallest absolute Gasteiger partial charge is 0.251 e. The molecule has 0 aliphatic heterocycles. The molecule has 1 unspecified atom stereocenters. The number of hydrogen-bond acceptors (Lipinski definition) is 3. The van der Waals surface area contributed by atoms with Crippen LogP contribution >= 0.6 is 12.4 Å². The second-order valence-electron chi connectivity index (χ2n) is 5.50. The molecule has 0 aliphatic rings. The Bertz CT molecular complexity index is 605. The number of carbonyl (C=O) groups is 1. The molecule has 0 saturated carbocycles. The quantitative estimate of drug-likeness (QED) is 0.918. The number of halogens is 1. The summed E-state index contributed by atoms with van der Waals surface area (Å²) in [5.41, 5.74) is 1.82. The third-order valence-electron chi connectivity index (χ3n) is 3.48. The Morgan fingerprint density at radius 2 is 1.77 bits per heavy atom. The zero-order valence-electron chi connectivity index (χ0n) is 13.4. The lowest BCUT2D eigenvalue weighted by molar-refractivity contribution is 0.0939. The number of nitrogens with zero attached hydrogens (tertiary/aromatic N) is 1. The second kappa shape index (κ2) is 8.01. The number of aryl methyl sites for hydroxylation is 2. The van der Waals surface area contributed by atoms with Crippen LogP contribution in [0.2, 0.25) is 0 Å². The van der Waals surface area contributed by atoms with Gasteiger partial charge in [0.1, 0.15) is 11.5 Å². The van der Waals surface area contributed by atoms with Gasteiger partial charge in [0.15, 0.2) is 0 Å². The highest BCUT2D eigenvalue weighted by atomic mass is 35.5. The normalized spacial score (nSPS) is 11.9. The van der Waals surface area contributed by atoms with E-state index >= 15 is 0 Å². The highest BCUT2D eigenvalue weighted by Crippen LogP contribution is 2.20. The summed E-state index contributed by atoms with van der Waals surface area (Å²) in [7, 11) is 3.95. The average Bonchev–Trinajstić information content (AvgIpc) is 2.85. The van der Waals surface area contributed by atoms with Crippen molar-refractivity contribution in [2.24, 2.45) is 0 Å². The summed E-state index contributed by atoms with van der Waals surface area (Å²) in [5.74, 6) is 1.67. The molecule has 1 N–H and O–H groups in total. The first-order valence-corrected chi connectivity index (χ1v) is 7.05. The van der Waals surface area contributed by atoms with Crippen LogP contribution in [-0.2, 0) is 0 Å². The number of rotatable bonds is 5. The van der Waals surface area contributed by atoms with Crippen molar-refractivity contribution in [3.63, 3.8) is 0 Å². The van der Waals surface area contributed by atoms with Crippen molar-refractivity contribution in [3.05, 3.63) is 59.0 Å². The second-order valence-corrected chi connectivity index (χ2v) is 5.50. The van der Waals surface area contributed by atoms with Crippen LogP contribution < -0.4 is 5.32 Å². The molecule has 0 bridgehead atoms. The fraction of sp³-hybridized carbons (Fsp3) is 0.353. The van der Waals surface area contributed by atoms with Gasteiger partial charge in [-0.1, -0.05) is 17.7 Å². The number of benzene rings is 1. The van der Waals surface area contributed by atoms with Crippen LogP contribution in [0.3, 0.4) is 0 Å². The molecule has 1 atom stereocenters. The van der Waals surface area contributed by atoms with Crippen molar-refractivity contribution in [1.82, 2.24) is 10.2 Å². The van der Waals surface area contributed by atoms with Crippen molar-refractivity contribution in [1.29, 1.82) is 0 Å². The minimum Gasteiger partial charge on any atom is -0.465 e. The number of amides is 1. The van der Waals surface area contributed by atoms with Gasteiger partial charge in [-0.2, -0.15) is 0 Å².